The van der Waals surface area contributed by atoms with Crippen molar-refractivity contribution in [2.24, 2.45) is 0 Å². The number of carboxylic acid groups (broad SMARTS) is 1. The van der Waals surface area contributed by atoms with Gasteiger partial charge in [-0.3, -0.25) is 4.79 Å². The zero-order valence-corrected chi connectivity index (χ0v) is 7.60. The highest BCUT2D eigenvalue weighted by atomic mass is 31.1. The highest BCUT2D eigenvalue weighted by molar-refractivity contribution is 7.21. The second-order valence-corrected chi connectivity index (χ2v) is 2.88. The lowest BCUT2D eigenvalue weighted by Crippen LogP contribution is -2.25. The van der Waals surface area contributed by atoms with Crippen LogP contribution in [0.4, 0.5) is 5.82 Å². The van der Waals surface area contributed by atoms with Crippen molar-refractivity contribution in [3.05, 3.63) is 6.20 Å². The molecule has 0 aliphatic carbocycles. The molecule has 7 nitrogen and oxygen atoms in total. The van der Waals surface area contributed by atoms with Gasteiger partial charge in [-0.25, -0.2) is 4.57 Å². The lowest BCUT2D eigenvalue weighted by Gasteiger charge is -2.05. The van der Waals surface area contributed by atoms with Gasteiger partial charge in [0.1, 0.15) is 6.04 Å². The number of anilines is 1. The standard InChI is InChI=1S/C5H7N4O3P/c1-3(5(10)11)6-4-2-9(13-12)8-7-4/h2-3,6H,1H3,(H,10,11). The molecule has 1 rings (SSSR count). The van der Waals surface area contributed by atoms with Gasteiger partial charge >= 0.3 is 14.6 Å². The summed E-state index contributed by atoms with van der Waals surface area (Å²) in [6.07, 6.45) is 1.34. The van der Waals surface area contributed by atoms with Crippen LogP contribution in [-0.4, -0.2) is 31.9 Å². The molecule has 0 aliphatic heterocycles. The van der Waals surface area contributed by atoms with Gasteiger partial charge in [0.25, 0.3) is 0 Å². The Labute approximate surface area is 75.0 Å². The zero-order valence-electron chi connectivity index (χ0n) is 6.71. The van der Waals surface area contributed by atoms with E-state index >= 15 is 0 Å². The van der Waals surface area contributed by atoms with Gasteiger partial charge in [0.2, 0.25) is 0 Å². The first kappa shape index (κ1) is 9.60. The molecule has 0 saturated heterocycles. The maximum Gasteiger partial charge on any atom is 0.325 e. The largest absolute Gasteiger partial charge is 0.480 e. The van der Waals surface area contributed by atoms with E-state index in [1.165, 1.54) is 13.1 Å². The van der Waals surface area contributed by atoms with Crippen molar-refractivity contribution in [3.63, 3.8) is 0 Å². The summed E-state index contributed by atoms with van der Waals surface area (Å²) in [4.78, 5) is 10.4. The van der Waals surface area contributed by atoms with E-state index in [4.69, 9.17) is 5.11 Å². The fraction of sp³-hybridized carbons (Fsp3) is 0.400. The van der Waals surface area contributed by atoms with Gasteiger partial charge in [-0.2, -0.15) is 4.45 Å². The van der Waals surface area contributed by atoms with Crippen molar-refractivity contribution in [1.82, 2.24) is 14.8 Å². The third-order valence-corrected chi connectivity index (χ3v) is 1.66. The Morgan fingerprint density at radius 1 is 1.85 bits per heavy atom. The minimum absolute atomic E-state index is 0.276. The quantitative estimate of drug-likeness (QED) is 0.677. The molecule has 8 heteroatoms. The van der Waals surface area contributed by atoms with Crippen molar-refractivity contribution in [3.8, 4) is 0 Å². The van der Waals surface area contributed by atoms with E-state index in [1.807, 2.05) is 0 Å². The lowest BCUT2D eigenvalue weighted by molar-refractivity contribution is -0.137. The summed E-state index contributed by atoms with van der Waals surface area (Å²) >= 11 is 0. The summed E-state index contributed by atoms with van der Waals surface area (Å²) in [6, 6.07) is -0.756. The normalized spacial score (nSPS) is 12.7. The van der Waals surface area contributed by atoms with Crippen molar-refractivity contribution >= 4 is 20.4 Å². The molecule has 0 amide bonds. The number of hydrogen-bond acceptors (Lipinski definition) is 5. The van der Waals surface area contributed by atoms with Gasteiger partial charge < -0.3 is 10.4 Å². The first-order valence-corrected chi connectivity index (χ1v) is 4.15. The number of carboxylic acids is 1. The van der Waals surface area contributed by atoms with Gasteiger partial charge in [-0.05, 0) is 6.92 Å². The molecule has 70 valence electrons. The Bertz CT molecular complexity index is 325. The topological polar surface area (TPSA) is 97.1 Å². The molecule has 2 N–H and O–H groups in total. The van der Waals surface area contributed by atoms with Crippen LogP contribution in [0.5, 0.6) is 0 Å². The van der Waals surface area contributed by atoms with E-state index in [2.05, 4.69) is 15.6 Å². The predicted octanol–water partition coefficient (Wildman–Crippen LogP) is 0.218. The number of hydrogen-bond donors (Lipinski definition) is 2. The molecule has 0 bridgehead atoms. The summed E-state index contributed by atoms with van der Waals surface area (Å²) in [5.41, 5.74) is 0. The average Bonchev–Trinajstić information content (AvgIpc) is 2.52. The Kier molecular flexibility index (Phi) is 2.92. The molecule has 1 aromatic heterocycles. The van der Waals surface area contributed by atoms with E-state index in [0.29, 0.717) is 0 Å². The van der Waals surface area contributed by atoms with Crippen LogP contribution >= 0.6 is 8.61 Å². The number of carbonyl (C=O) groups is 1. The summed E-state index contributed by atoms with van der Waals surface area (Å²) in [5.74, 6) is -0.715. The fourth-order valence-corrected chi connectivity index (χ4v) is 0.874. The molecule has 0 aliphatic rings. The average molecular weight is 202 g/mol. The van der Waals surface area contributed by atoms with Crippen LogP contribution in [0, 0.1) is 0 Å². The van der Waals surface area contributed by atoms with E-state index in [0.717, 1.165) is 4.45 Å². The first-order valence-electron chi connectivity index (χ1n) is 3.39. The maximum atomic E-state index is 10.4. The van der Waals surface area contributed by atoms with E-state index in [9.17, 15) is 9.36 Å². The van der Waals surface area contributed by atoms with Crippen LogP contribution < -0.4 is 5.32 Å². The summed E-state index contributed by atoms with van der Waals surface area (Å²) in [7, 11) is -0.311. The highest BCUT2D eigenvalue weighted by Gasteiger charge is 2.11. The smallest absolute Gasteiger partial charge is 0.325 e. The number of rotatable bonds is 4. The minimum atomic E-state index is -0.991. The maximum absolute atomic E-state index is 10.4. The van der Waals surface area contributed by atoms with Crippen LogP contribution in [0.25, 0.3) is 0 Å². The van der Waals surface area contributed by atoms with Crippen LogP contribution in [0.15, 0.2) is 6.20 Å². The molecule has 1 aromatic rings. The summed E-state index contributed by atoms with van der Waals surface area (Å²) in [6.45, 7) is 1.47. The number of aliphatic carboxylic acids is 1. The summed E-state index contributed by atoms with van der Waals surface area (Å²) in [5, 5.41) is 18.1. The van der Waals surface area contributed by atoms with Gasteiger partial charge in [0.15, 0.2) is 5.82 Å². The van der Waals surface area contributed by atoms with E-state index in [-0.39, 0.29) is 14.4 Å². The lowest BCUT2D eigenvalue weighted by atomic mass is 10.3. The molecule has 1 heterocycles. The Morgan fingerprint density at radius 3 is 3.00 bits per heavy atom. The third kappa shape index (κ3) is 2.48. The second-order valence-electron chi connectivity index (χ2n) is 2.31. The van der Waals surface area contributed by atoms with Gasteiger partial charge in [-0.1, -0.05) is 5.21 Å². The first-order chi connectivity index (χ1) is 6.13. The van der Waals surface area contributed by atoms with Gasteiger partial charge in [0.05, 0.1) is 6.20 Å². The molecule has 1 unspecified atom stereocenters. The fourth-order valence-electron chi connectivity index (χ4n) is 0.645. The van der Waals surface area contributed by atoms with Crippen molar-refractivity contribution in [2.45, 2.75) is 13.0 Å². The van der Waals surface area contributed by atoms with E-state index in [1.54, 1.807) is 0 Å². The van der Waals surface area contributed by atoms with Crippen molar-refractivity contribution in [2.75, 3.05) is 5.32 Å². The number of nitrogens with zero attached hydrogens (tertiary/aromatic N) is 3. The molecule has 0 fully saturated rings. The van der Waals surface area contributed by atoms with Crippen LogP contribution in [0.2, 0.25) is 0 Å². The molecule has 0 saturated carbocycles. The minimum Gasteiger partial charge on any atom is -0.480 e. The number of nitrogens with one attached hydrogen (secondary N) is 1. The molecule has 0 radical (unpaired) electrons. The molecular weight excluding hydrogens is 195 g/mol. The van der Waals surface area contributed by atoms with Crippen LogP contribution in [0.3, 0.4) is 0 Å². The van der Waals surface area contributed by atoms with Crippen LogP contribution in [-0.2, 0) is 9.36 Å². The molecular formula is C5H7N4O3P. The zero-order chi connectivity index (χ0) is 9.84. The Hall–Kier alpha value is -1.49. The van der Waals surface area contributed by atoms with E-state index < -0.39 is 12.0 Å². The summed E-state index contributed by atoms with van der Waals surface area (Å²) < 4.78 is 11.3. The monoisotopic (exact) mass is 202 g/mol. The van der Waals surface area contributed by atoms with Gasteiger partial charge in [-0.15, -0.1) is 5.10 Å². The highest BCUT2D eigenvalue weighted by Crippen LogP contribution is 2.06. The second kappa shape index (κ2) is 3.95. The Morgan fingerprint density at radius 2 is 2.54 bits per heavy atom. The van der Waals surface area contributed by atoms with Gasteiger partial charge in [0, 0.05) is 0 Å². The van der Waals surface area contributed by atoms with Crippen molar-refractivity contribution < 1.29 is 14.5 Å². The van der Waals surface area contributed by atoms with Crippen LogP contribution in [0.1, 0.15) is 6.92 Å². The third-order valence-electron chi connectivity index (χ3n) is 1.30. The SMILES string of the molecule is CC(Nc1cn(P=O)nn1)C(=O)O. The molecule has 1 atom stereocenters. The molecule has 0 aromatic carbocycles. The predicted molar refractivity (Wildman–Crippen MR) is 43.7 cm³/mol. The molecule has 0 spiro atoms. The number of aromatic nitrogens is 3. The molecule has 13 heavy (non-hydrogen) atoms. The Balaban J connectivity index is 2.63. The van der Waals surface area contributed by atoms with Crippen molar-refractivity contribution in [1.29, 1.82) is 0 Å².